The third-order valence-electron chi connectivity index (χ3n) is 2.79. The minimum absolute atomic E-state index is 0.136. The molecule has 1 heterocycles. The molecule has 0 unspecified atom stereocenters. The normalized spacial score (nSPS) is 10.5. The molecule has 2 rings (SSSR count). The van der Waals surface area contributed by atoms with Crippen LogP contribution < -0.4 is 10.5 Å². The van der Waals surface area contributed by atoms with Gasteiger partial charge in [0.15, 0.2) is 0 Å². The van der Waals surface area contributed by atoms with Crippen LogP contribution in [0.15, 0.2) is 16.8 Å². The van der Waals surface area contributed by atoms with Gasteiger partial charge in [-0.1, -0.05) is 5.16 Å². The first-order valence-electron chi connectivity index (χ1n) is 5.14. The maximum absolute atomic E-state index is 10.2. The first-order chi connectivity index (χ1) is 8.06. The van der Waals surface area contributed by atoms with E-state index in [0.717, 1.165) is 5.56 Å². The number of nitrogens with two attached hydrogens (primary N) is 1. The molecular weight excluding hydrogens is 220 g/mol. The molecule has 0 aliphatic carbocycles. The average Bonchev–Trinajstić information content (AvgIpc) is 2.70. The zero-order valence-electron chi connectivity index (χ0n) is 9.94. The first-order valence-corrected chi connectivity index (χ1v) is 5.14. The minimum atomic E-state index is 0.136. The predicted octanol–water partition coefficient (Wildman–Crippen LogP) is 2.25. The van der Waals surface area contributed by atoms with Crippen LogP contribution >= 0.6 is 0 Å². The number of benzene rings is 1. The van der Waals surface area contributed by atoms with E-state index in [0.29, 0.717) is 22.4 Å². The molecular formula is C12H14N2O3. The van der Waals surface area contributed by atoms with Crippen molar-refractivity contribution in [1.29, 1.82) is 0 Å². The Kier molecular flexibility index (Phi) is 2.67. The number of aromatic nitrogens is 1. The molecule has 0 aliphatic heterocycles. The summed E-state index contributed by atoms with van der Waals surface area (Å²) in [6.45, 7) is 3.64. The summed E-state index contributed by atoms with van der Waals surface area (Å²) in [4.78, 5) is 0. The fraction of sp³-hybridized carbons (Fsp3) is 0.250. The number of methoxy groups -OCH3 is 1. The van der Waals surface area contributed by atoms with Gasteiger partial charge in [0, 0.05) is 11.1 Å². The largest absolute Gasteiger partial charge is 0.507 e. The maximum Gasteiger partial charge on any atom is 0.230 e. The van der Waals surface area contributed by atoms with Crippen LogP contribution in [0.2, 0.25) is 0 Å². The van der Waals surface area contributed by atoms with E-state index in [2.05, 4.69) is 5.16 Å². The fourth-order valence-corrected chi connectivity index (χ4v) is 1.86. The molecule has 2 aromatic rings. The topological polar surface area (TPSA) is 81.5 Å². The Morgan fingerprint density at radius 1 is 1.41 bits per heavy atom. The molecule has 17 heavy (non-hydrogen) atoms. The smallest absolute Gasteiger partial charge is 0.230 e. The maximum atomic E-state index is 10.2. The number of ether oxygens (including phenoxy) is 1. The van der Waals surface area contributed by atoms with Gasteiger partial charge < -0.3 is 20.1 Å². The van der Waals surface area contributed by atoms with Crippen LogP contribution in [-0.4, -0.2) is 17.4 Å². The highest BCUT2D eigenvalue weighted by atomic mass is 16.5. The number of hydrogen-bond acceptors (Lipinski definition) is 5. The second-order valence-electron chi connectivity index (χ2n) is 3.85. The van der Waals surface area contributed by atoms with Gasteiger partial charge in [0.2, 0.25) is 5.88 Å². The second-order valence-corrected chi connectivity index (χ2v) is 3.85. The van der Waals surface area contributed by atoms with Crippen molar-refractivity contribution in [3.63, 3.8) is 0 Å². The summed E-state index contributed by atoms with van der Waals surface area (Å²) in [6, 6.07) is 1.84. The van der Waals surface area contributed by atoms with Crippen LogP contribution in [-0.2, 0) is 0 Å². The van der Waals surface area contributed by atoms with Crippen LogP contribution in [0.3, 0.4) is 0 Å². The summed E-state index contributed by atoms with van der Waals surface area (Å²) in [5, 5.41) is 13.8. The Morgan fingerprint density at radius 3 is 2.65 bits per heavy atom. The lowest BCUT2D eigenvalue weighted by molar-refractivity contribution is 0.403. The number of hydrogen-bond donors (Lipinski definition) is 2. The molecule has 0 bridgehead atoms. The molecule has 0 saturated carbocycles. The average molecular weight is 234 g/mol. The van der Waals surface area contributed by atoms with Gasteiger partial charge in [0.1, 0.15) is 11.5 Å². The highest BCUT2D eigenvalue weighted by Crippen LogP contribution is 2.41. The van der Waals surface area contributed by atoms with Crippen molar-refractivity contribution in [3.8, 4) is 22.6 Å². The summed E-state index contributed by atoms with van der Waals surface area (Å²) >= 11 is 0. The van der Waals surface area contributed by atoms with Crippen LogP contribution in [0, 0.1) is 13.8 Å². The Morgan fingerprint density at radius 2 is 2.12 bits per heavy atom. The molecule has 0 atom stereocenters. The summed E-state index contributed by atoms with van der Waals surface area (Å²) in [6.07, 6.45) is 1.49. The number of aromatic hydroxyl groups is 1. The third kappa shape index (κ3) is 1.69. The summed E-state index contributed by atoms with van der Waals surface area (Å²) in [5.41, 5.74) is 8.38. The van der Waals surface area contributed by atoms with Crippen LogP contribution in [0.5, 0.6) is 11.5 Å². The van der Waals surface area contributed by atoms with Crippen molar-refractivity contribution in [1.82, 2.24) is 5.16 Å². The molecule has 0 saturated heterocycles. The van der Waals surface area contributed by atoms with Gasteiger partial charge in [-0.3, -0.25) is 0 Å². The highest BCUT2D eigenvalue weighted by molar-refractivity contribution is 5.81. The highest BCUT2D eigenvalue weighted by Gasteiger charge is 2.18. The molecule has 0 aliphatic rings. The molecule has 0 fully saturated rings. The molecule has 1 aromatic heterocycles. The molecule has 0 amide bonds. The zero-order chi connectivity index (χ0) is 12.6. The van der Waals surface area contributed by atoms with Crippen molar-refractivity contribution >= 4 is 5.88 Å². The van der Waals surface area contributed by atoms with Gasteiger partial charge in [0.05, 0.1) is 18.9 Å². The van der Waals surface area contributed by atoms with Crippen LogP contribution in [0.25, 0.3) is 11.1 Å². The van der Waals surface area contributed by atoms with Gasteiger partial charge in [0.25, 0.3) is 0 Å². The lowest BCUT2D eigenvalue weighted by atomic mass is 9.98. The summed E-state index contributed by atoms with van der Waals surface area (Å²) in [7, 11) is 1.56. The van der Waals surface area contributed by atoms with E-state index in [4.69, 9.17) is 15.0 Å². The van der Waals surface area contributed by atoms with Gasteiger partial charge in [-0.15, -0.1) is 0 Å². The number of nitrogens with zero attached hydrogens (tertiary/aromatic N) is 1. The predicted molar refractivity (Wildman–Crippen MR) is 64.0 cm³/mol. The number of phenols is 1. The van der Waals surface area contributed by atoms with E-state index in [-0.39, 0.29) is 11.6 Å². The molecule has 0 spiro atoms. The van der Waals surface area contributed by atoms with E-state index in [1.807, 2.05) is 13.0 Å². The van der Waals surface area contributed by atoms with Crippen LogP contribution in [0.1, 0.15) is 11.1 Å². The summed E-state index contributed by atoms with van der Waals surface area (Å²) in [5.74, 6) is 0.962. The number of nitrogen functional groups attached to an aromatic ring is 1. The Hall–Kier alpha value is -2.17. The van der Waals surface area contributed by atoms with Crippen molar-refractivity contribution < 1.29 is 14.4 Å². The Balaban J connectivity index is 2.72. The zero-order valence-corrected chi connectivity index (χ0v) is 9.94. The SMILES string of the molecule is COc1cc(C)c(-c2cnoc2N)c(O)c1C. The minimum Gasteiger partial charge on any atom is -0.507 e. The molecule has 5 heteroatoms. The first kappa shape index (κ1) is 11.3. The van der Waals surface area contributed by atoms with Crippen LogP contribution in [0.4, 0.5) is 5.88 Å². The van der Waals surface area contributed by atoms with E-state index in [1.165, 1.54) is 6.20 Å². The monoisotopic (exact) mass is 234 g/mol. The molecule has 0 radical (unpaired) electrons. The van der Waals surface area contributed by atoms with E-state index < -0.39 is 0 Å². The van der Waals surface area contributed by atoms with Gasteiger partial charge in [-0.05, 0) is 25.5 Å². The lowest BCUT2D eigenvalue weighted by Gasteiger charge is -2.13. The number of rotatable bonds is 2. The molecule has 5 nitrogen and oxygen atoms in total. The van der Waals surface area contributed by atoms with Crippen molar-refractivity contribution in [3.05, 3.63) is 23.4 Å². The van der Waals surface area contributed by atoms with E-state index >= 15 is 0 Å². The summed E-state index contributed by atoms with van der Waals surface area (Å²) < 4.78 is 9.99. The molecule has 3 N–H and O–H groups in total. The van der Waals surface area contributed by atoms with E-state index in [1.54, 1.807) is 14.0 Å². The van der Waals surface area contributed by atoms with E-state index in [9.17, 15) is 5.11 Å². The Bertz CT molecular complexity index is 561. The van der Waals surface area contributed by atoms with Gasteiger partial charge >= 0.3 is 0 Å². The number of phenolic OH excluding ortho intramolecular Hbond substituents is 1. The lowest BCUT2D eigenvalue weighted by Crippen LogP contribution is -1.94. The molecule has 1 aromatic carbocycles. The van der Waals surface area contributed by atoms with Crippen molar-refractivity contribution in [2.45, 2.75) is 13.8 Å². The standard InChI is InChI=1S/C12H14N2O3/c1-6-4-9(16-3)7(2)11(15)10(6)8-5-14-17-12(8)13/h4-5,15H,13H2,1-3H3. The number of anilines is 1. The third-order valence-corrected chi connectivity index (χ3v) is 2.79. The fourth-order valence-electron chi connectivity index (χ4n) is 1.86. The quantitative estimate of drug-likeness (QED) is 0.832. The van der Waals surface area contributed by atoms with Crippen molar-refractivity contribution in [2.24, 2.45) is 0 Å². The second kappa shape index (κ2) is 4.01. The number of aryl methyl sites for hydroxylation is 1. The van der Waals surface area contributed by atoms with Crippen molar-refractivity contribution in [2.75, 3.05) is 12.8 Å². The van der Waals surface area contributed by atoms with Gasteiger partial charge in [-0.25, -0.2) is 0 Å². The molecule has 90 valence electrons. The Labute approximate surface area is 98.8 Å². The van der Waals surface area contributed by atoms with Gasteiger partial charge in [-0.2, -0.15) is 0 Å².